The highest BCUT2D eigenvalue weighted by molar-refractivity contribution is 7.91. The van der Waals surface area contributed by atoms with Gasteiger partial charge < -0.3 is 0 Å². The average molecular weight is 419 g/mol. The Labute approximate surface area is 171 Å². The van der Waals surface area contributed by atoms with Gasteiger partial charge in [0.05, 0.1) is 9.79 Å². The van der Waals surface area contributed by atoms with E-state index in [-0.39, 0.29) is 9.79 Å². The summed E-state index contributed by atoms with van der Waals surface area (Å²) in [4.78, 5) is 0.273. The van der Waals surface area contributed by atoms with Gasteiger partial charge in [0.25, 0.3) is 0 Å². The standard InChI is InChI=1S/C24H15FO2S2/c25-17-10-14-19(15-11-17)29(26,27)18-12-8-16(9-13-18)20-5-3-6-22-21-4-1-2-7-23(21)28-24(20)22/h1-15H. The van der Waals surface area contributed by atoms with Gasteiger partial charge in [0, 0.05) is 20.2 Å². The van der Waals surface area contributed by atoms with Crippen molar-refractivity contribution in [3.63, 3.8) is 0 Å². The summed E-state index contributed by atoms with van der Waals surface area (Å²) in [6, 6.07) is 26.3. The van der Waals surface area contributed by atoms with Crippen LogP contribution in [0.1, 0.15) is 0 Å². The quantitative estimate of drug-likeness (QED) is 0.306. The molecule has 1 aromatic heterocycles. The maximum absolute atomic E-state index is 13.1. The molecule has 0 aliphatic heterocycles. The zero-order valence-electron chi connectivity index (χ0n) is 15.2. The number of fused-ring (bicyclic) bond motifs is 3. The van der Waals surface area contributed by atoms with Crippen LogP contribution in [0.5, 0.6) is 0 Å². The van der Waals surface area contributed by atoms with Gasteiger partial charge in [-0.1, -0.05) is 48.5 Å². The molecule has 0 atom stereocenters. The Kier molecular flexibility index (Phi) is 4.23. The summed E-state index contributed by atoms with van der Waals surface area (Å²) in [6.45, 7) is 0. The molecule has 5 heteroatoms. The number of halogens is 1. The number of hydrogen-bond donors (Lipinski definition) is 0. The van der Waals surface area contributed by atoms with Crippen LogP contribution in [0.2, 0.25) is 0 Å². The highest BCUT2D eigenvalue weighted by atomic mass is 32.2. The van der Waals surface area contributed by atoms with Crippen LogP contribution in [0.4, 0.5) is 4.39 Å². The van der Waals surface area contributed by atoms with Gasteiger partial charge in [-0.15, -0.1) is 11.3 Å². The monoisotopic (exact) mass is 418 g/mol. The van der Waals surface area contributed by atoms with Crippen LogP contribution in [0, 0.1) is 5.82 Å². The van der Waals surface area contributed by atoms with Gasteiger partial charge in [0.15, 0.2) is 0 Å². The highest BCUT2D eigenvalue weighted by Crippen LogP contribution is 2.39. The predicted octanol–water partition coefficient (Wildman–Crippen LogP) is 6.69. The van der Waals surface area contributed by atoms with E-state index in [2.05, 4.69) is 24.3 Å². The first kappa shape index (κ1) is 18.0. The van der Waals surface area contributed by atoms with Gasteiger partial charge in [-0.2, -0.15) is 0 Å². The molecule has 0 saturated carbocycles. The van der Waals surface area contributed by atoms with E-state index in [4.69, 9.17) is 0 Å². The Hall–Kier alpha value is -3.02. The third kappa shape index (κ3) is 3.03. The lowest BCUT2D eigenvalue weighted by Crippen LogP contribution is -2.01. The van der Waals surface area contributed by atoms with Gasteiger partial charge >= 0.3 is 0 Å². The second kappa shape index (κ2) is 6.79. The van der Waals surface area contributed by atoms with E-state index in [1.807, 2.05) is 30.3 Å². The van der Waals surface area contributed by atoms with Crippen molar-refractivity contribution in [2.75, 3.05) is 0 Å². The van der Waals surface area contributed by atoms with Crippen molar-refractivity contribution in [3.05, 3.63) is 96.8 Å². The molecule has 0 aliphatic carbocycles. The van der Waals surface area contributed by atoms with E-state index in [0.29, 0.717) is 0 Å². The van der Waals surface area contributed by atoms with Gasteiger partial charge in [0.2, 0.25) is 9.84 Å². The first-order valence-electron chi connectivity index (χ1n) is 9.05. The summed E-state index contributed by atoms with van der Waals surface area (Å²) >= 11 is 1.74. The van der Waals surface area contributed by atoms with Crippen molar-refractivity contribution in [2.45, 2.75) is 9.79 Å². The molecule has 0 bridgehead atoms. The van der Waals surface area contributed by atoms with Crippen LogP contribution in [-0.2, 0) is 9.84 Å². The normalized spacial score (nSPS) is 11.9. The minimum atomic E-state index is -3.68. The van der Waals surface area contributed by atoms with E-state index in [0.717, 1.165) is 23.3 Å². The number of hydrogen-bond acceptors (Lipinski definition) is 3. The van der Waals surface area contributed by atoms with Gasteiger partial charge in [0.1, 0.15) is 5.82 Å². The number of benzene rings is 4. The first-order chi connectivity index (χ1) is 14.0. The van der Waals surface area contributed by atoms with Gasteiger partial charge in [-0.3, -0.25) is 0 Å². The number of sulfone groups is 1. The SMILES string of the molecule is O=S(=O)(c1ccc(F)cc1)c1ccc(-c2cccc3c2sc2ccccc23)cc1. The highest BCUT2D eigenvalue weighted by Gasteiger charge is 2.18. The van der Waals surface area contributed by atoms with Crippen LogP contribution in [0.15, 0.2) is 101 Å². The zero-order chi connectivity index (χ0) is 20.0. The molecule has 0 saturated heterocycles. The van der Waals surface area contributed by atoms with Crippen LogP contribution in [-0.4, -0.2) is 8.42 Å². The smallest absolute Gasteiger partial charge is 0.206 e. The fourth-order valence-electron chi connectivity index (χ4n) is 3.54. The second-order valence-corrected chi connectivity index (χ2v) is 9.76. The summed E-state index contributed by atoms with van der Waals surface area (Å²) < 4.78 is 41.1. The van der Waals surface area contributed by atoms with Crippen molar-refractivity contribution in [3.8, 4) is 11.1 Å². The van der Waals surface area contributed by atoms with Crippen LogP contribution in [0.3, 0.4) is 0 Å². The lowest BCUT2D eigenvalue weighted by atomic mass is 10.0. The van der Waals surface area contributed by atoms with Crippen molar-refractivity contribution < 1.29 is 12.8 Å². The van der Waals surface area contributed by atoms with Crippen LogP contribution in [0.25, 0.3) is 31.3 Å². The molecule has 0 amide bonds. The van der Waals surface area contributed by atoms with Crippen LogP contribution >= 0.6 is 11.3 Å². The molecule has 0 aliphatic rings. The Morgan fingerprint density at radius 3 is 2.00 bits per heavy atom. The predicted molar refractivity (Wildman–Crippen MR) is 117 cm³/mol. The summed E-state index contributed by atoms with van der Waals surface area (Å²) in [5, 5.41) is 2.43. The minimum Gasteiger partial charge on any atom is -0.219 e. The molecule has 5 rings (SSSR count). The Balaban J connectivity index is 1.60. The minimum absolute atomic E-state index is 0.0817. The van der Waals surface area contributed by atoms with Crippen LogP contribution < -0.4 is 0 Å². The topological polar surface area (TPSA) is 34.1 Å². The summed E-state index contributed by atoms with van der Waals surface area (Å²) in [5.74, 6) is -0.462. The Bertz CT molecular complexity index is 1450. The molecular weight excluding hydrogens is 403 g/mol. The van der Waals surface area contributed by atoms with Crippen molar-refractivity contribution in [1.82, 2.24) is 0 Å². The van der Waals surface area contributed by atoms with E-state index >= 15 is 0 Å². The molecule has 1 heterocycles. The maximum atomic E-state index is 13.1. The molecule has 29 heavy (non-hydrogen) atoms. The lowest BCUT2D eigenvalue weighted by molar-refractivity contribution is 0.595. The van der Waals surface area contributed by atoms with Crippen molar-refractivity contribution in [2.24, 2.45) is 0 Å². The first-order valence-corrected chi connectivity index (χ1v) is 11.4. The maximum Gasteiger partial charge on any atom is 0.206 e. The molecule has 142 valence electrons. The molecule has 2 nitrogen and oxygen atoms in total. The fourth-order valence-corrected chi connectivity index (χ4v) is 6.04. The van der Waals surface area contributed by atoms with E-state index in [1.165, 1.54) is 32.3 Å². The summed E-state index contributed by atoms with van der Waals surface area (Å²) in [5.41, 5.74) is 2.04. The third-order valence-corrected chi connectivity index (χ3v) is 8.01. The molecular formula is C24H15FO2S2. The third-order valence-electron chi connectivity index (χ3n) is 5.00. The Morgan fingerprint density at radius 1 is 0.655 bits per heavy atom. The van der Waals surface area contributed by atoms with Crippen molar-refractivity contribution in [1.29, 1.82) is 0 Å². The van der Waals surface area contributed by atoms with Crippen molar-refractivity contribution >= 4 is 41.3 Å². The lowest BCUT2D eigenvalue weighted by Gasteiger charge is -2.07. The molecule has 0 unspecified atom stereocenters. The molecule has 0 fully saturated rings. The molecule has 0 spiro atoms. The number of thiophene rings is 1. The summed E-state index contributed by atoms with van der Waals surface area (Å²) in [6.07, 6.45) is 0. The molecule has 5 aromatic rings. The Morgan fingerprint density at radius 2 is 1.28 bits per heavy atom. The summed E-state index contributed by atoms with van der Waals surface area (Å²) in [7, 11) is -3.68. The second-order valence-electron chi connectivity index (χ2n) is 6.76. The fraction of sp³-hybridized carbons (Fsp3) is 0. The van der Waals surface area contributed by atoms with Gasteiger partial charge in [-0.25, -0.2) is 12.8 Å². The average Bonchev–Trinajstić information content (AvgIpc) is 3.13. The molecule has 4 aromatic carbocycles. The molecule has 0 radical (unpaired) electrons. The van der Waals surface area contributed by atoms with E-state index < -0.39 is 15.7 Å². The molecule has 0 N–H and O–H groups in total. The van der Waals surface area contributed by atoms with E-state index in [9.17, 15) is 12.8 Å². The number of rotatable bonds is 3. The largest absolute Gasteiger partial charge is 0.219 e. The zero-order valence-corrected chi connectivity index (χ0v) is 16.8. The van der Waals surface area contributed by atoms with Gasteiger partial charge in [-0.05, 0) is 53.6 Å². The van der Waals surface area contributed by atoms with E-state index in [1.54, 1.807) is 23.5 Å².